The summed E-state index contributed by atoms with van der Waals surface area (Å²) < 4.78 is 40.8. The lowest BCUT2D eigenvalue weighted by Gasteiger charge is -2.26. The lowest BCUT2D eigenvalue weighted by Crippen LogP contribution is -2.41. The highest BCUT2D eigenvalue weighted by atomic mass is 19.2. The molecule has 0 spiro atoms. The molecule has 1 fully saturated rings. The van der Waals surface area contributed by atoms with Crippen molar-refractivity contribution in [2.45, 2.75) is 25.8 Å². The summed E-state index contributed by atoms with van der Waals surface area (Å²) in [4.78, 5) is 28.1. The molecule has 140 valence electrons. The van der Waals surface area contributed by atoms with E-state index in [1.807, 2.05) is 31.2 Å². The van der Waals surface area contributed by atoms with Crippen molar-refractivity contribution >= 4 is 23.2 Å². The van der Waals surface area contributed by atoms with Crippen molar-refractivity contribution in [1.82, 2.24) is 0 Å². The van der Waals surface area contributed by atoms with Gasteiger partial charge >= 0.3 is 0 Å². The average Bonchev–Trinajstić information content (AvgIpc) is 3.19. The Morgan fingerprint density at radius 1 is 1.00 bits per heavy atom. The number of hydrogen-bond donors (Lipinski definition) is 0. The molecule has 2 heterocycles. The molecule has 2 aliphatic rings. The fraction of sp³-hybridized carbons (Fsp3) is 0.300. The smallest absolute Gasteiger partial charge is 0.232 e. The van der Waals surface area contributed by atoms with Gasteiger partial charge in [0, 0.05) is 24.7 Å². The van der Waals surface area contributed by atoms with E-state index in [2.05, 4.69) is 0 Å². The highest BCUT2D eigenvalue weighted by Crippen LogP contribution is 2.36. The number of nitrogens with zero attached hydrogens (tertiary/aromatic N) is 2. The SMILES string of the molecule is CC1Cc2ccccc2N1C(=O)C1CC(=O)N(c2ccc(F)c(F)c2F)C1. The standard InChI is InChI=1S/C20H17F3N2O2/c1-11-8-12-4-2-3-5-15(12)25(11)20(27)13-9-17(26)24(10-13)16-7-6-14(21)18(22)19(16)23/h2-7,11,13H,8-10H2,1H3. The minimum absolute atomic E-state index is 0.0425. The van der Waals surface area contributed by atoms with Crippen LogP contribution >= 0.6 is 0 Å². The second kappa shape index (κ2) is 6.40. The molecule has 0 aliphatic carbocycles. The molecule has 0 N–H and O–H groups in total. The summed E-state index contributed by atoms with van der Waals surface area (Å²) in [6.07, 6.45) is 0.632. The molecule has 1 saturated heterocycles. The Morgan fingerprint density at radius 2 is 1.74 bits per heavy atom. The molecule has 2 amide bonds. The molecule has 2 aromatic carbocycles. The lowest BCUT2D eigenvalue weighted by molar-refractivity contribution is -0.124. The van der Waals surface area contributed by atoms with E-state index in [1.165, 1.54) is 0 Å². The number of benzene rings is 2. The van der Waals surface area contributed by atoms with Crippen LogP contribution in [-0.2, 0) is 16.0 Å². The number of rotatable bonds is 2. The van der Waals surface area contributed by atoms with Gasteiger partial charge in [0.1, 0.15) is 0 Å². The van der Waals surface area contributed by atoms with Crippen molar-refractivity contribution in [2.24, 2.45) is 5.92 Å². The minimum atomic E-state index is -1.63. The maximum atomic E-state index is 14.1. The number of halogens is 3. The van der Waals surface area contributed by atoms with Gasteiger partial charge in [-0.05, 0) is 37.1 Å². The quantitative estimate of drug-likeness (QED) is 0.756. The van der Waals surface area contributed by atoms with E-state index in [4.69, 9.17) is 0 Å². The normalized spacial score (nSPS) is 21.7. The molecule has 0 aromatic heterocycles. The van der Waals surface area contributed by atoms with Crippen LogP contribution < -0.4 is 9.80 Å². The molecule has 4 nitrogen and oxygen atoms in total. The summed E-state index contributed by atoms with van der Waals surface area (Å²) in [7, 11) is 0. The Balaban J connectivity index is 1.60. The number of anilines is 2. The van der Waals surface area contributed by atoms with Gasteiger partial charge in [-0.1, -0.05) is 18.2 Å². The first-order chi connectivity index (χ1) is 12.9. The summed E-state index contributed by atoms with van der Waals surface area (Å²) in [6.45, 7) is 1.87. The second-order valence-electron chi connectivity index (χ2n) is 6.99. The largest absolute Gasteiger partial charge is 0.309 e. The van der Waals surface area contributed by atoms with E-state index in [0.717, 1.165) is 34.7 Å². The molecular weight excluding hydrogens is 357 g/mol. The van der Waals surface area contributed by atoms with Crippen LogP contribution in [0.15, 0.2) is 36.4 Å². The first-order valence-corrected chi connectivity index (χ1v) is 8.73. The van der Waals surface area contributed by atoms with E-state index in [9.17, 15) is 22.8 Å². The number of hydrogen-bond acceptors (Lipinski definition) is 2. The Morgan fingerprint density at radius 3 is 2.52 bits per heavy atom. The summed E-state index contributed by atoms with van der Waals surface area (Å²) in [6, 6.07) is 9.33. The number of carbonyl (C=O) groups is 2. The molecule has 2 unspecified atom stereocenters. The Bertz CT molecular complexity index is 947. The van der Waals surface area contributed by atoms with Gasteiger partial charge in [-0.25, -0.2) is 13.2 Å². The van der Waals surface area contributed by atoms with Crippen LogP contribution in [0.25, 0.3) is 0 Å². The van der Waals surface area contributed by atoms with E-state index in [1.54, 1.807) is 4.90 Å². The van der Waals surface area contributed by atoms with Gasteiger partial charge in [0.05, 0.1) is 11.6 Å². The fourth-order valence-corrected chi connectivity index (χ4v) is 3.93. The summed E-state index contributed by atoms with van der Waals surface area (Å²) in [5.41, 5.74) is 1.54. The highest BCUT2D eigenvalue weighted by molar-refractivity contribution is 6.05. The Kier molecular flexibility index (Phi) is 4.17. The van der Waals surface area contributed by atoms with Crippen molar-refractivity contribution < 1.29 is 22.8 Å². The van der Waals surface area contributed by atoms with Gasteiger partial charge in [0.2, 0.25) is 11.8 Å². The van der Waals surface area contributed by atoms with E-state index >= 15 is 0 Å². The monoisotopic (exact) mass is 374 g/mol. The molecule has 2 atom stereocenters. The van der Waals surface area contributed by atoms with E-state index in [-0.39, 0.29) is 30.6 Å². The first-order valence-electron chi connectivity index (χ1n) is 8.73. The fourth-order valence-electron chi connectivity index (χ4n) is 3.93. The van der Waals surface area contributed by atoms with Crippen molar-refractivity contribution in [3.05, 3.63) is 59.4 Å². The number of para-hydroxylation sites is 1. The maximum Gasteiger partial charge on any atom is 0.232 e. The first kappa shape index (κ1) is 17.6. The van der Waals surface area contributed by atoms with Gasteiger partial charge in [0.15, 0.2) is 17.5 Å². The number of carbonyl (C=O) groups excluding carboxylic acids is 2. The topological polar surface area (TPSA) is 40.6 Å². The van der Waals surface area contributed by atoms with Gasteiger partial charge < -0.3 is 9.80 Å². The van der Waals surface area contributed by atoms with Crippen LogP contribution in [0.2, 0.25) is 0 Å². The molecule has 0 radical (unpaired) electrons. The number of fused-ring (bicyclic) bond motifs is 1. The number of amides is 2. The van der Waals surface area contributed by atoms with E-state index in [0.29, 0.717) is 0 Å². The van der Waals surface area contributed by atoms with Crippen molar-refractivity contribution in [1.29, 1.82) is 0 Å². The van der Waals surface area contributed by atoms with Gasteiger partial charge in [-0.2, -0.15) is 0 Å². The van der Waals surface area contributed by atoms with Gasteiger partial charge in [-0.3, -0.25) is 9.59 Å². The van der Waals surface area contributed by atoms with Crippen molar-refractivity contribution in [2.75, 3.05) is 16.3 Å². The van der Waals surface area contributed by atoms with Gasteiger partial charge in [0.25, 0.3) is 0 Å². The average molecular weight is 374 g/mol. The van der Waals surface area contributed by atoms with Crippen LogP contribution in [0.5, 0.6) is 0 Å². The molecule has 0 bridgehead atoms. The predicted molar refractivity (Wildman–Crippen MR) is 93.9 cm³/mol. The lowest BCUT2D eigenvalue weighted by atomic mass is 10.1. The molecule has 0 saturated carbocycles. The van der Waals surface area contributed by atoms with Crippen LogP contribution in [0.4, 0.5) is 24.5 Å². The Labute approximate surface area is 154 Å². The second-order valence-corrected chi connectivity index (χ2v) is 6.99. The molecule has 2 aromatic rings. The zero-order chi connectivity index (χ0) is 19.3. The molecule has 4 rings (SSSR count). The minimum Gasteiger partial charge on any atom is -0.309 e. The third-order valence-corrected chi connectivity index (χ3v) is 5.22. The molecule has 2 aliphatic heterocycles. The maximum absolute atomic E-state index is 14.1. The molecular formula is C20H17F3N2O2. The Hall–Kier alpha value is -2.83. The summed E-state index contributed by atoms with van der Waals surface area (Å²) in [5, 5.41) is 0. The summed E-state index contributed by atoms with van der Waals surface area (Å²) in [5.74, 6) is -5.74. The zero-order valence-corrected chi connectivity index (χ0v) is 14.6. The predicted octanol–water partition coefficient (Wildman–Crippen LogP) is 3.43. The van der Waals surface area contributed by atoms with Crippen LogP contribution in [0, 0.1) is 23.4 Å². The van der Waals surface area contributed by atoms with E-state index < -0.39 is 29.3 Å². The summed E-state index contributed by atoms with van der Waals surface area (Å²) >= 11 is 0. The van der Waals surface area contributed by atoms with Crippen LogP contribution in [0.3, 0.4) is 0 Å². The van der Waals surface area contributed by atoms with Crippen molar-refractivity contribution in [3.8, 4) is 0 Å². The van der Waals surface area contributed by atoms with Crippen LogP contribution in [0.1, 0.15) is 18.9 Å². The third-order valence-electron chi connectivity index (χ3n) is 5.22. The third kappa shape index (κ3) is 2.78. The zero-order valence-electron chi connectivity index (χ0n) is 14.6. The van der Waals surface area contributed by atoms with Gasteiger partial charge in [-0.15, -0.1) is 0 Å². The molecule has 27 heavy (non-hydrogen) atoms. The van der Waals surface area contributed by atoms with Crippen molar-refractivity contribution in [3.63, 3.8) is 0 Å². The highest BCUT2D eigenvalue weighted by Gasteiger charge is 2.41. The van der Waals surface area contributed by atoms with Crippen LogP contribution in [-0.4, -0.2) is 24.4 Å². The molecule has 7 heteroatoms.